The van der Waals surface area contributed by atoms with Gasteiger partial charge in [0.05, 0.1) is 7.11 Å². The second-order valence-electron chi connectivity index (χ2n) is 8.49. The number of amides is 2. The van der Waals surface area contributed by atoms with Crippen molar-refractivity contribution in [2.75, 3.05) is 26.0 Å². The van der Waals surface area contributed by atoms with E-state index >= 15 is 0 Å². The van der Waals surface area contributed by atoms with Crippen molar-refractivity contribution in [2.45, 2.75) is 43.2 Å². The van der Waals surface area contributed by atoms with Gasteiger partial charge in [0, 0.05) is 29.3 Å². The van der Waals surface area contributed by atoms with Crippen LogP contribution in [-0.4, -0.2) is 48.8 Å². The molecule has 0 radical (unpaired) electrons. The number of urea groups is 1. The number of nitrogens with zero attached hydrogens (tertiary/aromatic N) is 1. The highest BCUT2D eigenvalue weighted by molar-refractivity contribution is 5.89. The molecular formula is C23H27F2N3O3. The summed E-state index contributed by atoms with van der Waals surface area (Å²) in [4.78, 5) is 14.7. The molecule has 2 aromatic rings. The zero-order chi connectivity index (χ0) is 22.2. The molecule has 31 heavy (non-hydrogen) atoms. The van der Waals surface area contributed by atoms with Crippen LogP contribution in [0.4, 0.5) is 19.3 Å². The number of hydrogen-bond acceptors (Lipinski definition) is 4. The molecule has 2 fully saturated rings. The van der Waals surface area contributed by atoms with Gasteiger partial charge in [-0.15, -0.1) is 0 Å². The van der Waals surface area contributed by atoms with Crippen molar-refractivity contribution in [3.8, 4) is 11.5 Å². The Hall–Kier alpha value is -2.87. The average molecular weight is 431 g/mol. The van der Waals surface area contributed by atoms with Crippen LogP contribution in [0, 0.1) is 11.6 Å². The molecule has 2 aromatic carbocycles. The SMILES string of the molecule is COc1cc([C@@]23CC[C@H](NC(=O)Nc4ccc(F)c(F)c4)C[C@H]2N(C)CC3)ccc1O. The van der Waals surface area contributed by atoms with Crippen molar-refractivity contribution in [1.29, 1.82) is 0 Å². The Morgan fingerprint density at radius 1 is 1.19 bits per heavy atom. The van der Waals surface area contributed by atoms with E-state index in [-0.39, 0.29) is 28.9 Å². The smallest absolute Gasteiger partial charge is 0.319 e. The lowest BCUT2D eigenvalue weighted by Gasteiger charge is -2.45. The van der Waals surface area contributed by atoms with Gasteiger partial charge in [-0.05, 0) is 69.1 Å². The number of aromatic hydroxyl groups is 1. The van der Waals surface area contributed by atoms with Crippen LogP contribution in [0.2, 0.25) is 0 Å². The number of phenolic OH excluding ortho intramolecular Hbond substituents is 1. The number of ether oxygens (including phenoxy) is 1. The third-order valence-electron chi connectivity index (χ3n) is 6.79. The topological polar surface area (TPSA) is 73.8 Å². The summed E-state index contributed by atoms with van der Waals surface area (Å²) in [5.41, 5.74) is 1.28. The lowest BCUT2D eigenvalue weighted by Crippen LogP contribution is -2.52. The van der Waals surface area contributed by atoms with Crippen LogP contribution in [0.5, 0.6) is 11.5 Å². The van der Waals surface area contributed by atoms with Crippen LogP contribution >= 0.6 is 0 Å². The Labute approximate surface area is 180 Å². The fourth-order valence-electron chi connectivity index (χ4n) is 5.16. The van der Waals surface area contributed by atoms with Crippen molar-refractivity contribution in [1.82, 2.24) is 10.2 Å². The van der Waals surface area contributed by atoms with E-state index in [1.54, 1.807) is 13.2 Å². The van der Waals surface area contributed by atoms with Gasteiger partial charge in [-0.1, -0.05) is 6.07 Å². The molecule has 4 rings (SSSR count). The quantitative estimate of drug-likeness (QED) is 0.684. The molecule has 0 aromatic heterocycles. The summed E-state index contributed by atoms with van der Waals surface area (Å²) in [6, 6.07) is 8.59. The van der Waals surface area contributed by atoms with E-state index < -0.39 is 17.7 Å². The molecule has 6 nitrogen and oxygen atoms in total. The third kappa shape index (κ3) is 4.04. The Morgan fingerprint density at radius 2 is 2.00 bits per heavy atom. The van der Waals surface area contributed by atoms with E-state index in [0.717, 1.165) is 49.9 Å². The van der Waals surface area contributed by atoms with E-state index in [2.05, 4.69) is 22.6 Å². The highest BCUT2D eigenvalue weighted by Gasteiger charge is 2.50. The summed E-state index contributed by atoms with van der Waals surface area (Å²) in [5.74, 6) is -1.37. The van der Waals surface area contributed by atoms with Gasteiger partial charge in [-0.3, -0.25) is 0 Å². The van der Waals surface area contributed by atoms with Crippen molar-refractivity contribution >= 4 is 11.7 Å². The van der Waals surface area contributed by atoms with Gasteiger partial charge in [-0.2, -0.15) is 0 Å². The second-order valence-corrected chi connectivity index (χ2v) is 8.49. The van der Waals surface area contributed by atoms with Crippen LogP contribution in [0.1, 0.15) is 31.2 Å². The number of nitrogens with one attached hydrogen (secondary N) is 2. The van der Waals surface area contributed by atoms with Gasteiger partial charge in [0.1, 0.15) is 0 Å². The van der Waals surface area contributed by atoms with Gasteiger partial charge < -0.3 is 25.4 Å². The highest BCUT2D eigenvalue weighted by Crippen LogP contribution is 2.49. The maximum Gasteiger partial charge on any atom is 0.319 e. The number of carbonyl (C=O) groups excluding carboxylic acids is 1. The minimum absolute atomic E-state index is 0.0389. The first kappa shape index (κ1) is 21.4. The van der Waals surface area contributed by atoms with Crippen molar-refractivity contribution < 1.29 is 23.4 Å². The van der Waals surface area contributed by atoms with Crippen molar-refractivity contribution in [3.63, 3.8) is 0 Å². The Bertz CT molecular complexity index is 987. The van der Waals surface area contributed by atoms with Gasteiger partial charge in [0.2, 0.25) is 0 Å². The zero-order valence-corrected chi connectivity index (χ0v) is 17.6. The molecule has 2 aliphatic rings. The summed E-state index contributed by atoms with van der Waals surface area (Å²) in [7, 11) is 3.63. The van der Waals surface area contributed by atoms with Crippen LogP contribution in [0.15, 0.2) is 36.4 Å². The molecule has 0 spiro atoms. The molecule has 3 atom stereocenters. The predicted octanol–water partition coefficient (Wildman–Crippen LogP) is 4.00. The Kier molecular flexibility index (Phi) is 5.75. The largest absolute Gasteiger partial charge is 0.504 e. The number of phenols is 1. The third-order valence-corrected chi connectivity index (χ3v) is 6.79. The van der Waals surface area contributed by atoms with Gasteiger partial charge in [0.15, 0.2) is 23.1 Å². The second kappa shape index (κ2) is 8.34. The predicted molar refractivity (Wildman–Crippen MR) is 114 cm³/mol. The lowest BCUT2D eigenvalue weighted by atomic mass is 9.65. The number of hydrogen-bond donors (Lipinski definition) is 3. The number of carbonyl (C=O) groups is 1. The molecule has 1 aliphatic carbocycles. The van der Waals surface area contributed by atoms with Gasteiger partial charge in [-0.25, -0.2) is 13.6 Å². The molecule has 2 amide bonds. The average Bonchev–Trinajstić information content (AvgIpc) is 3.08. The number of anilines is 1. The molecule has 1 saturated carbocycles. The molecule has 0 bridgehead atoms. The van der Waals surface area contributed by atoms with Crippen LogP contribution < -0.4 is 15.4 Å². The summed E-state index contributed by atoms with van der Waals surface area (Å²) in [6.07, 6.45) is 3.44. The van der Waals surface area contributed by atoms with E-state index in [1.807, 2.05) is 12.1 Å². The van der Waals surface area contributed by atoms with E-state index in [9.17, 15) is 18.7 Å². The Balaban J connectivity index is 1.47. The first-order chi connectivity index (χ1) is 14.8. The summed E-state index contributed by atoms with van der Waals surface area (Å²) < 4.78 is 31.8. The molecule has 166 valence electrons. The standard InChI is InChI=1S/C23H27F2N3O3/c1-28-10-9-23(14-3-6-19(29)20(11-14)31-2)8-7-16(13-21(23)28)27-22(30)26-15-4-5-17(24)18(25)12-15/h3-6,11-12,16,21,29H,7-10,13H2,1-2H3,(H2,26,27,30)/t16-,21+,23-/m0/s1. The highest BCUT2D eigenvalue weighted by atomic mass is 19.2. The molecule has 1 heterocycles. The minimum atomic E-state index is -1.00. The number of methoxy groups -OCH3 is 1. The van der Waals surface area contributed by atoms with E-state index in [0.29, 0.717) is 5.75 Å². The number of fused-ring (bicyclic) bond motifs is 1. The maximum absolute atomic E-state index is 13.4. The molecule has 8 heteroatoms. The van der Waals surface area contributed by atoms with Crippen LogP contribution in [0.3, 0.4) is 0 Å². The lowest BCUT2D eigenvalue weighted by molar-refractivity contribution is 0.156. The number of halogens is 2. The molecule has 0 unspecified atom stereocenters. The number of likely N-dealkylation sites (tertiary alicyclic amines) is 1. The molecular weight excluding hydrogens is 404 g/mol. The fraction of sp³-hybridized carbons (Fsp3) is 0.435. The number of rotatable bonds is 4. The molecule has 1 aliphatic heterocycles. The summed E-state index contributed by atoms with van der Waals surface area (Å²) in [5, 5.41) is 15.5. The van der Waals surface area contributed by atoms with Crippen molar-refractivity contribution in [3.05, 3.63) is 53.6 Å². The minimum Gasteiger partial charge on any atom is -0.504 e. The number of likely N-dealkylation sites (N-methyl/N-ethyl adjacent to an activating group) is 1. The fourth-order valence-corrected chi connectivity index (χ4v) is 5.16. The van der Waals surface area contributed by atoms with Gasteiger partial charge in [0.25, 0.3) is 0 Å². The first-order valence-corrected chi connectivity index (χ1v) is 10.4. The van der Waals surface area contributed by atoms with E-state index in [1.165, 1.54) is 6.07 Å². The van der Waals surface area contributed by atoms with E-state index in [4.69, 9.17) is 4.74 Å². The molecule has 3 N–H and O–H groups in total. The monoisotopic (exact) mass is 431 g/mol. The van der Waals surface area contributed by atoms with Crippen LogP contribution in [-0.2, 0) is 5.41 Å². The van der Waals surface area contributed by atoms with Crippen molar-refractivity contribution in [2.24, 2.45) is 0 Å². The molecule has 1 saturated heterocycles. The number of benzene rings is 2. The maximum atomic E-state index is 13.4. The summed E-state index contributed by atoms with van der Waals surface area (Å²) in [6.45, 7) is 0.946. The normalized spacial score (nSPS) is 25.7. The Morgan fingerprint density at radius 3 is 2.74 bits per heavy atom. The first-order valence-electron chi connectivity index (χ1n) is 10.4. The summed E-state index contributed by atoms with van der Waals surface area (Å²) >= 11 is 0. The zero-order valence-electron chi connectivity index (χ0n) is 17.6. The van der Waals surface area contributed by atoms with Gasteiger partial charge >= 0.3 is 6.03 Å². The van der Waals surface area contributed by atoms with Crippen LogP contribution in [0.25, 0.3) is 0 Å².